The Morgan fingerprint density at radius 1 is 0.818 bits per heavy atom. The first-order chi connectivity index (χ1) is 26.1. The Balaban J connectivity index is 0.000000227. The summed E-state index contributed by atoms with van der Waals surface area (Å²) < 4.78 is 68.9. The third-order valence-corrected chi connectivity index (χ3v) is 9.67. The normalized spacial score (nSPS) is 21.9. The fourth-order valence-corrected chi connectivity index (χ4v) is 7.19. The van der Waals surface area contributed by atoms with Gasteiger partial charge in [-0.1, -0.05) is 60.7 Å². The molecule has 0 aliphatic carbocycles. The van der Waals surface area contributed by atoms with Crippen molar-refractivity contribution in [3.8, 4) is 11.5 Å². The fraction of sp³-hybridized carbons (Fsp3) is 0.385. The van der Waals surface area contributed by atoms with E-state index >= 15 is 4.39 Å². The lowest BCUT2D eigenvalue weighted by molar-refractivity contribution is -0.141. The average molecular weight is 781 g/mol. The standard InChI is InChI=1S/C28H31BFNO5.C11H13BFNO4.ClH/c1-28(2)34-19-22(35-28)18-33-24-14-13-23(30)26-25(36-29(32)27(24)26)17-31(15-20-9-5-3-6-10-20)16-21-11-7-4-8-12-21;13-7-1-2-8-11-10(7)9(3-14)18-12(11)17-6(4-15)5-16-8;/h3-14,22,25,32H,15-19H2,1-2H3;1-2,6,9,15H,3-5,14H2;1H/t22-,25+;6-,9-;/m01./s1. The zero-order chi connectivity index (χ0) is 37.8. The average Bonchev–Trinajstić information content (AvgIpc) is 3.79. The molecule has 4 aliphatic heterocycles. The fourth-order valence-electron chi connectivity index (χ4n) is 7.19. The molecule has 4 N–H and O–H groups in total. The van der Waals surface area contributed by atoms with Crippen molar-refractivity contribution in [1.82, 2.24) is 4.90 Å². The number of ether oxygens (including phenoxy) is 4. The summed E-state index contributed by atoms with van der Waals surface area (Å²) in [5, 5.41) is 19.9. The quantitative estimate of drug-likeness (QED) is 0.193. The highest BCUT2D eigenvalue weighted by Gasteiger charge is 2.45. The first-order valence-corrected chi connectivity index (χ1v) is 18.1. The lowest BCUT2D eigenvalue weighted by atomic mass is 9.77. The minimum absolute atomic E-state index is 0. The van der Waals surface area contributed by atoms with E-state index in [-0.39, 0.29) is 50.7 Å². The molecule has 4 aliphatic rings. The van der Waals surface area contributed by atoms with Crippen molar-refractivity contribution >= 4 is 37.6 Å². The van der Waals surface area contributed by atoms with Crippen molar-refractivity contribution < 1.29 is 51.8 Å². The lowest BCUT2D eigenvalue weighted by Gasteiger charge is -2.26. The number of aliphatic hydroxyl groups excluding tert-OH is 1. The Morgan fingerprint density at radius 2 is 1.45 bits per heavy atom. The van der Waals surface area contributed by atoms with Crippen molar-refractivity contribution in [2.45, 2.75) is 57.1 Å². The molecule has 0 radical (unpaired) electrons. The topological polar surface area (TPSA) is 134 Å². The lowest BCUT2D eigenvalue weighted by Crippen LogP contribution is -2.36. The molecule has 8 rings (SSSR count). The number of aliphatic hydroxyl groups is 1. The number of nitrogens with two attached hydrogens (primary N) is 1. The van der Waals surface area contributed by atoms with Crippen LogP contribution in [0.4, 0.5) is 8.78 Å². The van der Waals surface area contributed by atoms with Crippen molar-refractivity contribution in [3.63, 3.8) is 0 Å². The molecule has 0 aromatic heterocycles. The minimum Gasteiger partial charge on any atom is -0.491 e. The van der Waals surface area contributed by atoms with Gasteiger partial charge in [-0.2, -0.15) is 0 Å². The molecule has 55 heavy (non-hydrogen) atoms. The van der Waals surface area contributed by atoms with Crippen LogP contribution in [0.3, 0.4) is 0 Å². The van der Waals surface area contributed by atoms with Gasteiger partial charge in [0.2, 0.25) is 0 Å². The summed E-state index contributed by atoms with van der Waals surface area (Å²) in [6, 6.07) is 26.1. The van der Waals surface area contributed by atoms with E-state index in [9.17, 15) is 9.41 Å². The van der Waals surface area contributed by atoms with E-state index in [1.54, 1.807) is 6.07 Å². The van der Waals surface area contributed by atoms with Gasteiger partial charge < -0.3 is 48.8 Å². The van der Waals surface area contributed by atoms with Crippen molar-refractivity contribution in [1.29, 1.82) is 0 Å². The van der Waals surface area contributed by atoms with Gasteiger partial charge in [-0.25, -0.2) is 8.78 Å². The zero-order valence-electron chi connectivity index (χ0n) is 30.6. The van der Waals surface area contributed by atoms with Crippen LogP contribution < -0.4 is 26.1 Å². The molecule has 11 nitrogen and oxygen atoms in total. The molecule has 4 aromatic rings. The van der Waals surface area contributed by atoms with E-state index in [0.29, 0.717) is 59.8 Å². The summed E-state index contributed by atoms with van der Waals surface area (Å²) in [7, 11) is -2.00. The van der Waals surface area contributed by atoms with Gasteiger partial charge in [-0.15, -0.1) is 12.4 Å². The third kappa shape index (κ3) is 9.51. The van der Waals surface area contributed by atoms with Crippen molar-refractivity contribution in [2.24, 2.45) is 5.73 Å². The highest BCUT2D eigenvalue weighted by Crippen LogP contribution is 2.34. The van der Waals surface area contributed by atoms with Crippen LogP contribution in [0, 0.1) is 11.6 Å². The molecule has 0 bridgehead atoms. The second-order valence-electron chi connectivity index (χ2n) is 14.1. The largest absolute Gasteiger partial charge is 0.499 e. The second kappa shape index (κ2) is 18.1. The Hall–Kier alpha value is -3.60. The monoisotopic (exact) mass is 780 g/mol. The van der Waals surface area contributed by atoms with E-state index in [4.69, 9.17) is 43.8 Å². The van der Waals surface area contributed by atoms with E-state index in [2.05, 4.69) is 29.2 Å². The predicted molar refractivity (Wildman–Crippen MR) is 205 cm³/mol. The summed E-state index contributed by atoms with van der Waals surface area (Å²) in [6.07, 6.45) is -1.92. The number of benzene rings is 4. The molecule has 4 heterocycles. The first kappa shape index (κ1) is 41.0. The van der Waals surface area contributed by atoms with Crippen LogP contribution in [0.5, 0.6) is 11.5 Å². The number of rotatable bonds is 11. The van der Waals surface area contributed by atoms with Crippen LogP contribution in [0.25, 0.3) is 0 Å². The van der Waals surface area contributed by atoms with Crippen LogP contribution >= 0.6 is 12.4 Å². The first-order valence-electron chi connectivity index (χ1n) is 18.1. The number of hydrogen-bond acceptors (Lipinski definition) is 11. The van der Waals surface area contributed by atoms with Crippen LogP contribution in [0.2, 0.25) is 0 Å². The maximum absolute atomic E-state index is 15.1. The molecule has 0 spiro atoms. The molecule has 4 aromatic carbocycles. The van der Waals surface area contributed by atoms with Crippen LogP contribution in [-0.2, 0) is 36.5 Å². The third-order valence-electron chi connectivity index (χ3n) is 9.67. The summed E-state index contributed by atoms with van der Waals surface area (Å²) in [6.45, 7) is 6.25. The minimum atomic E-state index is -1.27. The van der Waals surface area contributed by atoms with Crippen LogP contribution in [0.1, 0.15) is 48.3 Å². The van der Waals surface area contributed by atoms with Gasteiger partial charge in [0, 0.05) is 48.2 Å². The molecule has 1 fully saturated rings. The Kier molecular flexibility index (Phi) is 13.5. The maximum Gasteiger partial charge on any atom is 0.499 e. The summed E-state index contributed by atoms with van der Waals surface area (Å²) in [5.74, 6) is -0.523. The van der Waals surface area contributed by atoms with Crippen molar-refractivity contribution in [3.05, 3.63) is 119 Å². The predicted octanol–water partition coefficient (Wildman–Crippen LogP) is 3.56. The SMILES string of the molecule is CC1(C)OC[C@H](COc2ccc(F)c3c2B(O)O[C@@H]3CN(Cc2ccccc2)Cc2ccccc2)O1.Cl.NC[C@H]1OB2O[C@H](CO)COc3ccc(F)c1c32. The number of fused-ring (bicyclic) bond motifs is 1. The van der Waals surface area contributed by atoms with Crippen LogP contribution in [0.15, 0.2) is 84.9 Å². The van der Waals surface area contributed by atoms with Crippen molar-refractivity contribution in [2.75, 3.05) is 39.5 Å². The van der Waals surface area contributed by atoms with Crippen LogP contribution in [-0.4, -0.2) is 86.8 Å². The van der Waals surface area contributed by atoms with Gasteiger partial charge >= 0.3 is 14.2 Å². The molecule has 16 heteroatoms. The van der Waals surface area contributed by atoms with E-state index in [1.807, 2.05) is 50.2 Å². The van der Waals surface area contributed by atoms with E-state index in [0.717, 1.165) is 11.1 Å². The smallest absolute Gasteiger partial charge is 0.491 e. The number of hydrogen-bond donors (Lipinski definition) is 3. The molecule has 1 saturated heterocycles. The van der Waals surface area contributed by atoms with E-state index in [1.165, 1.54) is 18.2 Å². The summed E-state index contributed by atoms with van der Waals surface area (Å²) in [4.78, 5) is 2.20. The highest BCUT2D eigenvalue weighted by molar-refractivity contribution is 6.64. The summed E-state index contributed by atoms with van der Waals surface area (Å²) in [5.41, 5.74) is 9.51. The molecule has 0 saturated carbocycles. The van der Waals surface area contributed by atoms with Gasteiger partial charge in [0.1, 0.15) is 48.6 Å². The molecule has 292 valence electrons. The molecule has 0 amide bonds. The van der Waals surface area contributed by atoms with Gasteiger partial charge in [0.05, 0.1) is 25.4 Å². The number of halogens is 3. The Morgan fingerprint density at radius 3 is 2.05 bits per heavy atom. The highest BCUT2D eigenvalue weighted by atomic mass is 35.5. The van der Waals surface area contributed by atoms with Gasteiger partial charge in [-0.3, -0.25) is 4.90 Å². The van der Waals surface area contributed by atoms with Gasteiger partial charge in [0.25, 0.3) is 0 Å². The summed E-state index contributed by atoms with van der Waals surface area (Å²) >= 11 is 0. The molecule has 0 unspecified atom stereocenters. The number of nitrogens with zero attached hydrogens (tertiary/aromatic N) is 1. The van der Waals surface area contributed by atoms with Gasteiger partial charge in [0.15, 0.2) is 5.79 Å². The molecule has 4 atom stereocenters. The Labute approximate surface area is 326 Å². The van der Waals surface area contributed by atoms with Gasteiger partial charge in [-0.05, 0) is 49.2 Å². The maximum atomic E-state index is 15.1. The Bertz CT molecular complexity index is 1850. The zero-order valence-corrected chi connectivity index (χ0v) is 31.5. The molecular formula is C39H45B2ClF2N2O9. The second-order valence-corrected chi connectivity index (χ2v) is 14.1. The molecular weight excluding hydrogens is 736 g/mol. The van der Waals surface area contributed by atoms with E-state index < -0.39 is 44.2 Å².